The van der Waals surface area contributed by atoms with E-state index in [9.17, 15) is 0 Å². The molecule has 0 atom stereocenters. The molecule has 0 amide bonds. The SMILES string of the molecule is CC(C)N(OP(Cl)ON(C(C)C)C(C)C)C(C)C. The van der Waals surface area contributed by atoms with E-state index in [1.165, 1.54) is 0 Å². The third-order valence-electron chi connectivity index (χ3n) is 2.35. The second-order valence-corrected chi connectivity index (χ2v) is 7.05. The van der Waals surface area contributed by atoms with Gasteiger partial charge in [0.25, 0.3) is 0 Å². The fourth-order valence-electron chi connectivity index (χ4n) is 1.73. The predicted octanol–water partition coefficient (Wildman–Crippen LogP) is 4.55. The third-order valence-corrected chi connectivity index (χ3v) is 3.36. The van der Waals surface area contributed by atoms with Crippen LogP contribution in [0, 0.1) is 0 Å². The topological polar surface area (TPSA) is 24.9 Å². The summed E-state index contributed by atoms with van der Waals surface area (Å²) in [4.78, 5) is 0. The van der Waals surface area contributed by atoms with E-state index in [2.05, 4.69) is 55.4 Å². The van der Waals surface area contributed by atoms with E-state index in [0.29, 0.717) is 0 Å². The van der Waals surface area contributed by atoms with Gasteiger partial charge in [-0.1, -0.05) is 0 Å². The Kier molecular flexibility index (Phi) is 8.95. The van der Waals surface area contributed by atoms with Crippen molar-refractivity contribution in [2.45, 2.75) is 79.6 Å². The van der Waals surface area contributed by atoms with Crippen molar-refractivity contribution in [1.82, 2.24) is 10.1 Å². The molecule has 0 bridgehead atoms. The highest BCUT2D eigenvalue weighted by Crippen LogP contribution is 2.47. The van der Waals surface area contributed by atoms with Crippen LogP contribution in [0.2, 0.25) is 0 Å². The molecular formula is C12H28ClN2O2P. The average Bonchev–Trinajstić information content (AvgIpc) is 2.20. The first kappa shape index (κ1) is 18.6. The standard InChI is InChI=1S/C12H28ClN2O2P/c1-9(2)14(10(3)4)16-18(13)17-15(11(5)6)12(7)8/h9-12H,1-8H3. The van der Waals surface area contributed by atoms with Gasteiger partial charge in [0.2, 0.25) is 0 Å². The number of rotatable bonds is 8. The maximum absolute atomic E-state index is 6.18. The van der Waals surface area contributed by atoms with E-state index in [1.807, 2.05) is 10.1 Å². The van der Waals surface area contributed by atoms with Crippen molar-refractivity contribution in [3.63, 3.8) is 0 Å². The molecule has 0 N–H and O–H groups in total. The Hall–Kier alpha value is 0.560. The zero-order valence-corrected chi connectivity index (χ0v) is 14.5. The molecule has 0 saturated heterocycles. The largest absolute Gasteiger partial charge is 0.312 e. The van der Waals surface area contributed by atoms with Gasteiger partial charge < -0.3 is 0 Å². The van der Waals surface area contributed by atoms with Gasteiger partial charge >= 0.3 is 7.73 Å². The van der Waals surface area contributed by atoms with Gasteiger partial charge in [0, 0.05) is 24.2 Å². The fraction of sp³-hybridized carbons (Fsp3) is 1.00. The molecule has 0 aliphatic heterocycles. The minimum atomic E-state index is -1.47. The molecule has 18 heavy (non-hydrogen) atoms. The summed E-state index contributed by atoms with van der Waals surface area (Å²) in [6.45, 7) is 16.6. The molecule has 0 heterocycles. The summed E-state index contributed by atoms with van der Waals surface area (Å²) < 4.78 is 11.4. The predicted molar refractivity (Wildman–Crippen MR) is 79.2 cm³/mol. The highest BCUT2D eigenvalue weighted by atomic mass is 35.7. The first-order chi connectivity index (χ1) is 8.16. The molecule has 0 rings (SSSR count). The Morgan fingerprint density at radius 3 is 1.06 bits per heavy atom. The number of hydroxylamine groups is 4. The number of hydrogen-bond donors (Lipinski definition) is 0. The zero-order valence-electron chi connectivity index (χ0n) is 12.8. The van der Waals surface area contributed by atoms with Crippen LogP contribution in [0.4, 0.5) is 0 Å². The Balaban J connectivity index is 4.42. The maximum Gasteiger partial charge on any atom is 0.312 e. The first-order valence-corrected chi connectivity index (χ1v) is 8.63. The second-order valence-electron chi connectivity index (χ2n) is 5.47. The highest BCUT2D eigenvalue weighted by molar-refractivity contribution is 7.75. The zero-order chi connectivity index (χ0) is 14.5. The molecular weight excluding hydrogens is 271 g/mol. The summed E-state index contributed by atoms with van der Waals surface area (Å²) in [5, 5.41) is 3.75. The van der Waals surface area contributed by atoms with Crippen LogP contribution in [0.1, 0.15) is 55.4 Å². The second kappa shape index (κ2) is 8.68. The van der Waals surface area contributed by atoms with Gasteiger partial charge in [-0.3, -0.25) is 0 Å². The minimum Gasteiger partial charge on any atom is -0.229 e. The van der Waals surface area contributed by atoms with E-state index < -0.39 is 7.73 Å². The van der Waals surface area contributed by atoms with Crippen LogP contribution in [0.15, 0.2) is 0 Å². The normalized spacial score (nSPS) is 13.3. The van der Waals surface area contributed by atoms with Crippen molar-refractivity contribution in [2.75, 3.05) is 0 Å². The molecule has 6 heteroatoms. The van der Waals surface area contributed by atoms with Gasteiger partial charge in [0.05, 0.1) is 0 Å². The van der Waals surface area contributed by atoms with Crippen LogP contribution in [0.25, 0.3) is 0 Å². The lowest BCUT2D eigenvalue weighted by atomic mass is 10.3. The van der Waals surface area contributed by atoms with Gasteiger partial charge in [0.15, 0.2) is 0 Å². The van der Waals surface area contributed by atoms with Crippen molar-refractivity contribution in [1.29, 1.82) is 0 Å². The Morgan fingerprint density at radius 2 is 0.889 bits per heavy atom. The molecule has 0 aromatic carbocycles. The van der Waals surface area contributed by atoms with Gasteiger partial charge in [-0.15, -0.1) is 0 Å². The summed E-state index contributed by atoms with van der Waals surface area (Å²) in [5.41, 5.74) is 0. The Morgan fingerprint density at radius 1 is 0.667 bits per heavy atom. The number of nitrogens with zero attached hydrogens (tertiary/aromatic N) is 2. The quantitative estimate of drug-likeness (QED) is 0.485. The van der Waals surface area contributed by atoms with E-state index in [1.54, 1.807) is 0 Å². The van der Waals surface area contributed by atoms with Crippen LogP contribution in [0.3, 0.4) is 0 Å². The highest BCUT2D eigenvalue weighted by Gasteiger charge is 2.24. The van der Waals surface area contributed by atoms with E-state index in [-0.39, 0.29) is 24.2 Å². The summed E-state index contributed by atoms with van der Waals surface area (Å²) in [5.74, 6) is 0. The van der Waals surface area contributed by atoms with Crippen molar-refractivity contribution in [3.05, 3.63) is 0 Å². The van der Waals surface area contributed by atoms with Crippen LogP contribution in [-0.2, 0) is 9.25 Å². The number of halogens is 1. The van der Waals surface area contributed by atoms with Crippen LogP contribution < -0.4 is 0 Å². The molecule has 110 valence electrons. The lowest BCUT2D eigenvalue weighted by Gasteiger charge is -2.34. The molecule has 0 spiro atoms. The van der Waals surface area contributed by atoms with Crippen molar-refractivity contribution in [2.24, 2.45) is 0 Å². The molecule has 0 saturated carbocycles. The van der Waals surface area contributed by atoms with Crippen LogP contribution in [-0.4, -0.2) is 34.3 Å². The fourth-order valence-corrected chi connectivity index (χ4v) is 3.24. The average molecular weight is 299 g/mol. The van der Waals surface area contributed by atoms with Gasteiger partial charge in [-0.05, 0) is 66.6 Å². The number of hydrogen-bond acceptors (Lipinski definition) is 4. The maximum atomic E-state index is 6.18. The monoisotopic (exact) mass is 298 g/mol. The molecule has 0 unspecified atom stereocenters. The molecule has 0 fully saturated rings. The van der Waals surface area contributed by atoms with Crippen LogP contribution >= 0.6 is 19.0 Å². The molecule has 0 aliphatic carbocycles. The summed E-state index contributed by atoms with van der Waals surface area (Å²) in [6, 6.07) is 1.07. The van der Waals surface area contributed by atoms with Gasteiger partial charge in [-0.25, -0.2) is 9.25 Å². The Labute approximate surface area is 118 Å². The molecule has 0 aliphatic rings. The molecule has 0 radical (unpaired) electrons. The van der Waals surface area contributed by atoms with Crippen molar-refractivity contribution in [3.8, 4) is 0 Å². The van der Waals surface area contributed by atoms with Crippen molar-refractivity contribution >= 4 is 19.0 Å². The van der Waals surface area contributed by atoms with E-state index in [4.69, 9.17) is 20.5 Å². The smallest absolute Gasteiger partial charge is 0.229 e. The third kappa shape index (κ3) is 6.65. The van der Waals surface area contributed by atoms with E-state index in [0.717, 1.165) is 0 Å². The summed E-state index contributed by atoms with van der Waals surface area (Å²) in [6.07, 6.45) is 0. The first-order valence-electron chi connectivity index (χ1n) is 6.55. The molecule has 4 nitrogen and oxygen atoms in total. The van der Waals surface area contributed by atoms with E-state index >= 15 is 0 Å². The minimum absolute atomic E-state index is 0.267. The summed E-state index contributed by atoms with van der Waals surface area (Å²) in [7, 11) is -1.47. The lowest BCUT2D eigenvalue weighted by Crippen LogP contribution is -2.38. The van der Waals surface area contributed by atoms with Crippen LogP contribution in [0.5, 0.6) is 0 Å². The van der Waals surface area contributed by atoms with Gasteiger partial charge in [0.1, 0.15) is 0 Å². The molecule has 0 aromatic heterocycles. The van der Waals surface area contributed by atoms with Gasteiger partial charge in [-0.2, -0.15) is 10.1 Å². The Bertz CT molecular complexity index is 190. The molecule has 0 aromatic rings. The lowest BCUT2D eigenvalue weighted by molar-refractivity contribution is -0.152. The van der Waals surface area contributed by atoms with Crippen molar-refractivity contribution < 1.29 is 9.25 Å². The summed E-state index contributed by atoms with van der Waals surface area (Å²) >= 11 is 6.18.